The second kappa shape index (κ2) is 6.70. The molecule has 1 heterocycles. The number of aromatic nitrogens is 1. The predicted octanol–water partition coefficient (Wildman–Crippen LogP) is 2.06. The van der Waals surface area contributed by atoms with E-state index in [0.29, 0.717) is 6.54 Å². The fraction of sp³-hybridized carbons (Fsp3) is 0.750. The van der Waals surface area contributed by atoms with Crippen LogP contribution in [0, 0.1) is 12.8 Å². The van der Waals surface area contributed by atoms with Gasteiger partial charge in [0.15, 0.2) is 4.21 Å². The number of nitrogens with one attached hydrogen (secondary N) is 1. The second-order valence-electron chi connectivity index (χ2n) is 5.31. The number of hydrogen-bond acceptors (Lipinski definition) is 5. The topological polar surface area (TPSA) is 85.1 Å². The standard InChI is InChI=1S/C12H21N3O2S2.ClH/c1-9-5-3-4-6-12(9,8-13)15-19(16,17)11-7-14-10(2)18-11;/h7,9,15H,3-6,8,13H2,1-2H3;1H. The zero-order valence-electron chi connectivity index (χ0n) is 11.8. The van der Waals surface area contributed by atoms with Crippen molar-refractivity contribution in [2.24, 2.45) is 11.7 Å². The molecule has 0 saturated heterocycles. The first-order valence-electron chi connectivity index (χ1n) is 6.56. The summed E-state index contributed by atoms with van der Waals surface area (Å²) in [7, 11) is -3.52. The van der Waals surface area contributed by atoms with Gasteiger partial charge in [-0.3, -0.25) is 0 Å². The van der Waals surface area contributed by atoms with E-state index in [4.69, 9.17) is 5.73 Å². The van der Waals surface area contributed by atoms with Gasteiger partial charge in [0, 0.05) is 12.1 Å². The highest BCUT2D eigenvalue weighted by atomic mass is 35.5. The zero-order valence-corrected chi connectivity index (χ0v) is 14.2. The average molecular weight is 340 g/mol. The Hall–Kier alpha value is -0.210. The van der Waals surface area contributed by atoms with E-state index in [0.717, 1.165) is 30.7 Å². The molecule has 2 atom stereocenters. The van der Waals surface area contributed by atoms with Gasteiger partial charge in [-0.2, -0.15) is 0 Å². The third-order valence-corrected chi connectivity index (χ3v) is 6.95. The van der Waals surface area contributed by atoms with Crippen LogP contribution in [0.5, 0.6) is 0 Å². The molecule has 1 aliphatic rings. The lowest BCUT2D eigenvalue weighted by atomic mass is 9.74. The SMILES string of the molecule is Cc1ncc(S(=O)(=O)NC2(CN)CCCCC2C)s1.Cl. The summed E-state index contributed by atoms with van der Waals surface area (Å²) >= 11 is 1.19. The monoisotopic (exact) mass is 339 g/mol. The summed E-state index contributed by atoms with van der Waals surface area (Å²) < 4.78 is 28.0. The van der Waals surface area contributed by atoms with Crippen molar-refractivity contribution in [3.8, 4) is 0 Å². The minimum atomic E-state index is -3.52. The zero-order chi connectivity index (χ0) is 14.1. The third-order valence-electron chi connectivity index (χ3n) is 4.02. The molecule has 1 aliphatic carbocycles. The van der Waals surface area contributed by atoms with Crippen LogP contribution in [-0.4, -0.2) is 25.5 Å². The summed E-state index contributed by atoms with van der Waals surface area (Å²) in [6.45, 7) is 4.21. The van der Waals surface area contributed by atoms with E-state index in [1.807, 2.05) is 0 Å². The molecule has 8 heteroatoms. The van der Waals surface area contributed by atoms with Crippen molar-refractivity contribution in [1.82, 2.24) is 9.71 Å². The van der Waals surface area contributed by atoms with Crippen molar-refractivity contribution < 1.29 is 8.42 Å². The fourth-order valence-corrected chi connectivity index (χ4v) is 5.34. The molecule has 2 rings (SSSR count). The minimum absolute atomic E-state index is 0. The van der Waals surface area contributed by atoms with Crippen LogP contribution in [0.25, 0.3) is 0 Å². The van der Waals surface area contributed by atoms with Gasteiger partial charge in [0.1, 0.15) is 0 Å². The summed E-state index contributed by atoms with van der Waals surface area (Å²) in [6.07, 6.45) is 5.40. The maximum Gasteiger partial charge on any atom is 0.252 e. The molecule has 1 aromatic rings. The van der Waals surface area contributed by atoms with Crippen molar-refractivity contribution in [1.29, 1.82) is 0 Å². The maximum absolute atomic E-state index is 12.4. The van der Waals surface area contributed by atoms with Gasteiger partial charge in [-0.1, -0.05) is 19.8 Å². The molecule has 1 aromatic heterocycles. The lowest BCUT2D eigenvalue weighted by molar-refractivity contribution is 0.191. The van der Waals surface area contributed by atoms with Crippen molar-refractivity contribution in [3.63, 3.8) is 0 Å². The Labute approximate surface area is 130 Å². The Morgan fingerprint density at radius 3 is 2.75 bits per heavy atom. The van der Waals surface area contributed by atoms with E-state index < -0.39 is 15.6 Å². The van der Waals surface area contributed by atoms with Crippen molar-refractivity contribution >= 4 is 33.8 Å². The number of thiazole rings is 1. The van der Waals surface area contributed by atoms with Crippen LogP contribution in [0.4, 0.5) is 0 Å². The van der Waals surface area contributed by atoms with E-state index in [1.165, 1.54) is 17.5 Å². The number of hydrogen-bond donors (Lipinski definition) is 2. The van der Waals surface area contributed by atoms with Crippen LogP contribution in [-0.2, 0) is 10.0 Å². The normalized spacial score (nSPS) is 27.1. The largest absolute Gasteiger partial charge is 0.329 e. The van der Waals surface area contributed by atoms with E-state index in [-0.39, 0.29) is 22.5 Å². The molecule has 1 fully saturated rings. The quantitative estimate of drug-likeness (QED) is 0.879. The Balaban J connectivity index is 0.00000200. The first kappa shape index (κ1) is 17.8. The van der Waals surface area contributed by atoms with Gasteiger partial charge < -0.3 is 5.73 Å². The van der Waals surface area contributed by atoms with Gasteiger partial charge in [0.25, 0.3) is 10.0 Å². The Kier molecular flexibility index (Phi) is 5.98. The molecule has 0 aliphatic heterocycles. The van der Waals surface area contributed by atoms with Crippen LogP contribution in [0.15, 0.2) is 10.4 Å². The molecule has 116 valence electrons. The Morgan fingerprint density at radius 2 is 2.25 bits per heavy atom. The molecular formula is C12H22ClN3O2S2. The number of nitrogens with zero attached hydrogens (tertiary/aromatic N) is 1. The number of aryl methyl sites for hydroxylation is 1. The lowest BCUT2D eigenvalue weighted by Gasteiger charge is -2.42. The summed E-state index contributed by atoms with van der Waals surface area (Å²) in [5.74, 6) is 0.259. The van der Waals surface area contributed by atoms with Gasteiger partial charge in [0.05, 0.1) is 11.2 Å². The Morgan fingerprint density at radius 1 is 1.55 bits per heavy atom. The summed E-state index contributed by atoms with van der Waals surface area (Å²) in [6, 6.07) is 0. The highest BCUT2D eigenvalue weighted by Crippen LogP contribution is 2.34. The van der Waals surface area contributed by atoms with Gasteiger partial charge in [-0.25, -0.2) is 18.1 Å². The minimum Gasteiger partial charge on any atom is -0.329 e. The van der Waals surface area contributed by atoms with Gasteiger partial charge in [-0.15, -0.1) is 23.7 Å². The predicted molar refractivity (Wildman–Crippen MR) is 83.8 cm³/mol. The number of halogens is 1. The van der Waals surface area contributed by atoms with Crippen molar-refractivity contribution in [2.45, 2.75) is 49.3 Å². The van der Waals surface area contributed by atoms with Crippen LogP contribution in [0.2, 0.25) is 0 Å². The highest BCUT2D eigenvalue weighted by Gasteiger charge is 2.40. The van der Waals surface area contributed by atoms with E-state index in [1.54, 1.807) is 6.92 Å². The number of sulfonamides is 1. The van der Waals surface area contributed by atoms with Crippen LogP contribution in [0.1, 0.15) is 37.6 Å². The first-order valence-corrected chi connectivity index (χ1v) is 8.86. The molecule has 0 spiro atoms. The number of nitrogens with two attached hydrogens (primary N) is 1. The van der Waals surface area contributed by atoms with Crippen LogP contribution >= 0.6 is 23.7 Å². The second-order valence-corrected chi connectivity index (χ2v) is 8.45. The third kappa shape index (κ3) is 3.51. The van der Waals surface area contributed by atoms with Gasteiger partial charge >= 0.3 is 0 Å². The van der Waals surface area contributed by atoms with E-state index in [2.05, 4.69) is 16.6 Å². The number of rotatable bonds is 4. The molecule has 3 N–H and O–H groups in total. The van der Waals surface area contributed by atoms with Crippen molar-refractivity contribution in [3.05, 3.63) is 11.2 Å². The van der Waals surface area contributed by atoms with Gasteiger partial charge in [0.2, 0.25) is 0 Å². The molecule has 0 amide bonds. The molecule has 0 bridgehead atoms. The summed E-state index contributed by atoms with van der Waals surface area (Å²) in [5, 5.41) is 0.749. The molecule has 1 saturated carbocycles. The maximum atomic E-state index is 12.4. The molecule has 20 heavy (non-hydrogen) atoms. The van der Waals surface area contributed by atoms with E-state index >= 15 is 0 Å². The first-order chi connectivity index (χ1) is 8.89. The molecular weight excluding hydrogens is 318 g/mol. The average Bonchev–Trinajstić information content (AvgIpc) is 2.80. The summed E-state index contributed by atoms with van der Waals surface area (Å²) in [5.41, 5.74) is 5.37. The molecule has 0 aromatic carbocycles. The molecule has 5 nitrogen and oxygen atoms in total. The Bertz CT molecular complexity index is 547. The summed E-state index contributed by atoms with van der Waals surface area (Å²) in [4.78, 5) is 4.01. The van der Waals surface area contributed by atoms with Crippen LogP contribution < -0.4 is 10.5 Å². The molecule has 0 radical (unpaired) electrons. The van der Waals surface area contributed by atoms with Crippen LogP contribution in [0.3, 0.4) is 0 Å². The lowest BCUT2D eigenvalue weighted by Crippen LogP contribution is -2.58. The van der Waals surface area contributed by atoms with Crippen molar-refractivity contribution in [2.75, 3.05) is 6.54 Å². The smallest absolute Gasteiger partial charge is 0.252 e. The van der Waals surface area contributed by atoms with E-state index in [9.17, 15) is 8.42 Å². The van der Waals surface area contributed by atoms with Gasteiger partial charge in [-0.05, 0) is 25.7 Å². The molecule has 2 unspecified atom stereocenters. The fourth-order valence-electron chi connectivity index (χ4n) is 2.69. The highest BCUT2D eigenvalue weighted by molar-refractivity contribution is 7.91.